The number of alkyl halides is 2. The number of ether oxygens (including phenoxy) is 1. The fraction of sp³-hybridized carbons (Fsp3) is 0.273. The van der Waals surface area contributed by atoms with Crippen molar-refractivity contribution in [3.63, 3.8) is 0 Å². The van der Waals surface area contributed by atoms with E-state index in [-0.39, 0.29) is 35.1 Å². The van der Waals surface area contributed by atoms with Crippen LogP contribution < -0.4 is 20.9 Å². The van der Waals surface area contributed by atoms with E-state index >= 15 is 8.78 Å². The molecule has 2 aliphatic rings. The number of fused-ring (bicyclic) bond motifs is 2. The third-order valence-electron chi connectivity index (χ3n) is 8.58. The Morgan fingerprint density at radius 3 is 2.62 bits per heavy atom. The van der Waals surface area contributed by atoms with E-state index in [1.165, 1.54) is 29.0 Å². The molecule has 1 aliphatic carbocycles. The molecule has 2 N–H and O–H groups in total. The molecule has 2 amide bonds. The zero-order chi connectivity index (χ0) is 33.2. The van der Waals surface area contributed by atoms with Crippen LogP contribution in [0, 0.1) is 5.92 Å². The van der Waals surface area contributed by atoms with E-state index in [1.807, 2.05) is 6.92 Å². The summed E-state index contributed by atoms with van der Waals surface area (Å²) in [6.07, 6.45) is 2.94. The fourth-order valence-electron chi connectivity index (χ4n) is 5.94. The van der Waals surface area contributed by atoms with E-state index in [9.17, 15) is 14.4 Å². The number of hydrogen-bond acceptors (Lipinski definition) is 7. The molecule has 1 aliphatic heterocycles. The average molecular weight is 660 g/mol. The van der Waals surface area contributed by atoms with Crippen molar-refractivity contribution in [1.29, 1.82) is 0 Å². The van der Waals surface area contributed by atoms with Crippen molar-refractivity contribution >= 4 is 40.1 Å². The number of nitrogens with zero attached hydrogens (tertiary/aromatic N) is 6. The SMILES string of the molecule is C[C@@H](c1ccc(=O)n(C)c1)n1ncc2c(-c3ccc4c(c3)OC(F)(F)C(=O)N4Cc3ccc(Cl)cn3)c(C(N)=O)c(CC3CC3)nc21. The van der Waals surface area contributed by atoms with E-state index in [0.29, 0.717) is 50.9 Å². The van der Waals surface area contributed by atoms with Gasteiger partial charge in [-0.3, -0.25) is 24.3 Å². The van der Waals surface area contributed by atoms with Crippen LogP contribution in [0.2, 0.25) is 5.02 Å². The van der Waals surface area contributed by atoms with Gasteiger partial charge in [0.25, 0.3) is 5.91 Å². The lowest BCUT2D eigenvalue weighted by molar-refractivity contribution is -0.193. The molecular weight excluding hydrogens is 632 g/mol. The second kappa shape index (κ2) is 11.3. The molecule has 7 rings (SSSR count). The van der Waals surface area contributed by atoms with Crippen molar-refractivity contribution in [2.24, 2.45) is 18.7 Å². The van der Waals surface area contributed by atoms with E-state index in [0.717, 1.165) is 23.3 Å². The Balaban J connectivity index is 1.40. The highest BCUT2D eigenvalue weighted by Crippen LogP contribution is 2.45. The zero-order valence-electron chi connectivity index (χ0n) is 25.3. The number of rotatable bonds is 8. The molecule has 5 aromatic rings. The van der Waals surface area contributed by atoms with Crippen LogP contribution in [-0.4, -0.2) is 42.2 Å². The van der Waals surface area contributed by atoms with E-state index < -0.39 is 17.9 Å². The minimum Gasteiger partial charge on any atom is -0.423 e. The normalized spacial score (nSPS) is 16.2. The lowest BCUT2D eigenvalue weighted by Crippen LogP contribution is -2.50. The number of carbonyl (C=O) groups is 2. The van der Waals surface area contributed by atoms with Crippen LogP contribution >= 0.6 is 11.6 Å². The van der Waals surface area contributed by atoms with Crippen molar-refractivity contribution in [2.45, 2.75) is 44.9 Å². The molecule has 0 bridgehead atoms. The van der Waals surface area contributed by atoms with Crippen LogP contribution in [0.4, 0.5) is 14.5 Å². The molecule has 1 aromatic carbocycles. The molecule has 47 heavy (non-hydrogen) atoms. The van der Waals surface area contributed by atoms with Gasteiger partial charge in [-0.15, -0.1) is 0 Å². The molecule has 0 radical (unpaired) electrons. The quantitative estimate of drug-likeness (QED) is 0.247. The summed E-state index contributed by atoms with van der Waals surface area (Å²) in [5.41, 5.74) is 8.89. The molecular formula is C33H28ClF2N7O4. The lowest BCUT2D eigenvalue weighted by Gasteiger charge is -2.33. The number of benzene rings is 1. The van der Waals surface area contributed by atoms with Gasteiger partial charge in [-0.05, 0) is 73.6 Å². The molecule has 5 heterocycles. The van der Waals surface area contributed by atoms with Gasteiger partial charge >= 0.3 is 12.0 Å². The van der Waals surface area contributed by atoms with Gasteiger partial charge in [0.1, 0.15) is 0 Å². The summed E-state index contributed by atoms with van der Waals surface area (Å²) in [6, 6.07) is 10.4. The lowest BCUT2D eigenvalue weighted by atomic mass is 9.93. The summed E-state index contributed by atoms with van der Waals surface area (Å²) in [5, 5.41) is 5.45. The Kier molecular flexibility index (Phi) is 7.31. The molecule has 4 aromatic heterocycles. The number of nitrogens with two attached hydrogens (primary N) is 1. The third kappa shape index (κ3) is 5.50. The topological polar surface area (TPSA) is 138 Å². The summed E-state index contributed by atoms with van der Waals surface area (Å²) in [5.74, 6) is -2.20. The maximum Gasteiger partial charge on any atom is 0.482 e. The van der Waals surface area contributed by atoms with Gasteiger partial charge in [0.05, 0.1) is 46.4 Å². The molecule has 0 unspecified atom stereocenters. The van der Waals surface area contributed by atoms with Crippen LogP contribution in [0.1, 0.15) is 53.1 Å². The number of halogens is 3. The molecule has 0 saturated heterocycles. The zero-order valence-corrected chi connectivity index (χ0v) is 26.0. The summed E-state index contributed by atoms with van der Waals surface area (Å²) in [6.45, 7) is 1.65. The number of aryl methyl sites for hydroxylation is 1. The number of primary amides is 1. The van der Waals surface area contributed by atoms with Gasteiger partial charge in [0.2, 0.25) is 5.56 Å². The first kappa shape index (κ1) is 30.5. The Morgan fingerprint density at radius 2 is 1.94 bits per heavy atom. The van der Waals surface area contributed by atoms with Gasteiger partial charge in [-0.2, -0.15) is 13.9 Å². The minimum atomic E-state index is -4.16. The summed E-state index contributed by atoms with van der Waals surface area (Å²) in [4.78, 5) is 47.9. The molecule has 11 nitrogen and oxygen atoms in total. The van der Waals surface area contributed by atoms with E-state index in [4.69, 9.17) is 27.1 Å². The van der Waals surface area contributed by atoms with Gasteiger partial charge in [-0.1, -0.05) is 17.7 Å². The second-order valence-corrected chi connectivity index (χ2v) is 12.3. The summed E-state index contributed by atoms with van der Waals surface area (Å²) < 4.78 is 38.2. The van der Waals surface area contributed by atoms with Crippen LogP contribution in [-0.2, 0) is 24.8 Å². The van der Waals surface area contributed by atoms with Crippen LogP contribution in [0.5, 0.6) is 5.75 Å². The Labute approximate surface area is 271 Å². The Bertz CT molecular complexity index is 2140. The molecule has 1 fully saturated rings. The molecule has 14 heteroatoms. The smallest absolute Gasteiger partial charge is 0.423 e. The maximum atomic E-state index is 15.0. The van der Waals surface area contributed by atoms with Crippen molar-refractivity contribution in [3.05, 3.63) is 98.9 Å². The number of anilines is 1. The van der Waals surface area contributed by atoms with Gasteiger partial charge in [-0.25, -0.2) is 9.67 Å². The highest BCUT2D eigenvalue weighted by atomic mass is 35.5. The van der Waals surface area contributed by atoms with Crippen molar-refractivity contribution < 1.29 is 23.1 Å². The molecule has 240 valence electrons. The third-order valence-corrected chi connectivity index (χ3v) is 8.81. The number of aromatic nitrogens is 5. The van der Waals surface area contributed by atoms with E-state index in [1.54, 1.807) is 48.4 Å². The first-order chi connectivity index (χ1) is 22.4. The predicted octanol–water partition coefficient (Wildman–Crippen LogP) is 5.02. The van der Waals surface area contributed by atoms with Crippen LogP contribution in [0.3, 0.4) is 0 Å². The molecule has 1 saturated carbocycles. The Morgan fingerprint density at radius 1 is 1.15 bits per heavy atom. The molecule has 1 atom stereocenters. The number of amides is 2. The second-order valence-electron chi connectivity index (χ2n) is 11.9. The van der Waals surface area contributed by atoms with E-state index in [2.05, 4.69) is 10.1 Å². The predicted molar refractivity (Wildman–Crippen MR) is 169 cm³/mol. The highest BCUT2D eigenvalue weighted by Gasteiger charge is 2.50. The van der Waals surface area contributed by atoms with Crippen molar-refractivity contribution in [3.8, 4) is 16.9 Å². The molecule has 0 spiro atoms. The fourth-order valence-corrected chi connectivity index (χ4v) is 6.06. The Hall–Kier alpha value is -5.17. The largest absolute Gasteiger partial charge is 0.482 e. The van der Waals surface area contributed by atoms with Gasteiger partial charge in [0, 0.05) is 36.5 Å². The number of carbonyl (C=O) groups excluding carboxylic acids is 2. The van der Waals surface area contributed by atoms with Crippen LogP contribution in [0.25, 0.3) is 22.2 Å². The van der Waals surface area contributed by atoms with Gasteiger partial charge in [0.15, 0.2) is 11.4 Å². The number of hydrogen-bond donors (Lipinski definition) is 1. The maximum absolute atomic E-state index is 15.0. The number of pyridine rings is 3. The first-order valence-corrected chi connectivity index (χ1v) is 15.3. The monoisotopic (exact) mass is 659 g/mol. The van der Waals surface area contributed by atoms with Crippen molar-refractivity contribution in [2.75, 3.05) is 4.90 Å². The minimum absolute atomic E-state index is 0.101. The van der Waals surface area contributed by atoms with Gasteiger partial charge < -0.3 is 15.0 Å². The first-order valence-electron chi connectivity index (χ1n) is 14.9. The average Bonchev–Trinajstić information content (AvgIpc) is 3.75. The standard InChI is InChI=1S/C33H28ClF2N7O4/c1-17(20-6-10-27(44)41(2)15-20)43-31-23(14-39-43)28(29(30(37)45)24(40-31)11-18-3-4-18)19-5-9-25-26(12-19)47-33(35,36)32(46)42(25)16-22-8-7-21(34)13-38-22/h5-10,12-15,17-18H,3-4,11,16H2,1-2H3,(H2,37,45)/t17-/m0/s1. The highest BCUT2D eigenvalue weighted by molar-refractivity contribution is 6.30. The van der Waals surface area contributed by atoms with Crippen LogP contribution in [0.15, 0.2) is 65.8 Å². The van der Waals surface area contributed by atoms with Crippen molar-refractivity contribution in [1.82, 2.24) is 24.3 Å². The summed E-state index contributed by atoms with van der Waals surface area (Å²) >= 11 is 5.93. The summed E-state index contributed by atoms with van der Waals surface area (Å²) in [7, 11) is 1.66.